The second-order valence-electron chi connectivity index (χ2n) is 3.47. The molecule has 0 aliphatic heterocycles. The van der Waals surface area contributed by atoms with Crippen LogP contribution in [0.1, 0.15) is 16.1 Å². The number of carbonyl (C=O) groups excluding carboxylic acids is 2. The molecule has 1 heterocycles. The molecule has 0 aliphatic carbocycles. The molecule has 1 aromatic rings. The molecule has 0 aliphatic rings. The molecule has 0 saturated carbocycles. The Bertz CT molecular complexity index is 525. The van der Waals surface area contributed by atoms with Gasteiger partial charge < -0.3 is 15.7 Å². The third-order valence-corrected chi connectivity index (χ3v) is 2.15. The van der Waals surface area contributed by atoms with Crippen molar-refractivity contribution in [2.45, 2.75) is 0 Å². The van der Waals surface area contributed by atoms with Gasteiger partial charge in [0.05, 0.1) is 6.54 Å². The van der Waals surface area contributed by atoms with Crippen molar-refractivity contribution in [1.82, 2.24) is 15.6 Å². The van der Waals surface area contributed by atoms with Crippen molar-refractivity contribution < 1.29 is 19.5 Å². The van der Waals surface area contributed by atoms with Crippen LogP contribution in [0.15, 0.2) is 24.4 Å². The summed E-state index contributed by atoms with van der Waals surface area (Å²) < 4.78 is 0. The van der Waals surface area contributed by atoms with Crippen LogP contribution in [0.4, 0.5) is 0 Å². The number of nitrogens with zero attached hydrogens (tertiary/aromatic N) is 1. The molecule has 1 rings (SSSR count). The van der Waals surface area contributed by atoms with Crippen molar-refractivity contribution in [3.8, 4) is 0 Å². The Morgan fingerprint density at radius 1 is 1.42 bits per heavy atom. The third-order valence-electron chi connectivity index (χ3n) is 2.15. The molecular weight excluding hydrogens is 250 g/mol. The summed E-state index contributed by atoms with van der Waals surface area (Å²) in [5, 5.41) is 13.3. The Kier molecular flexibility index (Phi) is 5.21. The maximum atomic E-state index is 11.8. The molecule has 2 amide bonds. The Morgan fingerprint density at radius 2 is 2.16 bits per heavy atom. The highest BCUT2D eigenvalue weighted by Crippen LogP contribution is 2.07. The summed E-state index contributed by atoms with van der Waals surface area (Å²) >= 11 is 0. The molecule has 0 bridgehead atoms. The lowest BCUT2D eigenvalue weighted by atomic mass is 10.1. The van der Waals surface area contributed by atoms with Crippen LogP contribution in [-0.2, 0) is 9.59 Å². The second kappa shape index (κ2) is 6.90. The summed E-state index contributed by atoms with van der Waals surface area (Å²) in [5.74, 6) is -2.01. The van der Waals surface area contributed by atoms with E-state index in [1.807, 2.05) is 0 Å². The SMILES string of the molecule is CNC(=O)CNC(=O)c1ncccc1/C=C/C(=O)O. The number of amides is 2. The number of likely N-dealkylation sites (N-methyl/N-ethyl adjacent to an activating group) is 1. The first-order valence-corrected chi connectivity index (χ1v) is 5.39. The molecule has 1 aromatic heterocycles. The summed E-state index contributed by atoms with van der Waals surface area (Å²) in [7, 11) is 1.45. The lowest BCUT2D eigenvalue weighted by molar-refractivity contribution is -0.131. The van der Waals surface area contributed by atoms with E-state index in [2.05, 4.69) is 15.6 Å². The number of aromatic nitrogens is 1. The Balaban J connectivity index is 2.84. The van der Waals surface area contributed by atoms with E-state index in [1.165, 1.54) is 19.3 Å². The quantitative estimate of drug-likeness (QED) is 0.629. The van der Waals surface area contributed by atoms with Crippen molar-refractivity contribution in [1.29, 1.82) is 0 Å². The van der Waals surface area contributed by atoms with E-state index in [-0.39, 0.29) is 18.1 Å². The number of nitrogens with one attached hydrogen (secondary N) is 2. The van der Waals surface area contributed by atoms with Gasteiger partial charge in [0.1, 0.15) is 5.69 Å². The Hall–Kier alpha value is -2.70. The first-order chi connectivity index (χ1) is 9.04. The number of rotatable bonds is 5. The minimum Gasteiger partial charge on any atom is -0.478 e. The zero-order chi connectivity index (χ0) is 14.3. The largest absolute Gasteiger partial charge is 0.478 e. The van der Waals surface area contributed by atoms with Crippen LogP contribution in [0.3, 0.4) is 0 Å². The lowest BCUT2D eigenvalue weighted by Crippen LogP contribution is -2.35. The fraction of sp³-hybridized carbons (Fsp3) is 0.167. The Labute approximate surface area is 109 Å². The van der Waals surface area contributed by atoms with Gasteiger partial charge in [-0.15, -0.1) is 0 Å². The summed E-state index contributed by atoms with van der Waals surface area (Å²) in [6.07, 6.45) is 3.59. The molecular formula is C12H13N3O4. The van der Waals surface area contributed by atoms with Gasteiger partial charge in [-0.2, -0.15) is 0 Å². The van der Waals surface area contributed by atoms with E-state index in [0.29, 0.717) is 5.56 Å². The zero-order valence-electron chi connectivity index (χ0n) is 10.2. The zero-order valence-corrected chi connectivity index (χ0v) is 10.2. The molecule has 7 nitrogen and oxygen atoms in total. The molecule has 0 spiro atoms. The normalized spacial score (nSPS) is 10.2. The van der Waals surface area contributed by atoms with E-state index in [4.69, 9.17) is 5.11 Å². The van der Waals surface area contributed by atoms with Crippen LogP contribution >= 0.6 is 0 Å². The highest BCUT2D eigenvalue weighted by Gasteiger charge is 2.11. The van der Waals surface area contributed by atoms with Gasteiger partial charge in [0.15, 0.2) is 0 Å². The molecule has 100 valence electrons. The smallest absolute Gasteiger partial charge is 0.328 e. The first kappa shape index (κ1) is 14.4. The van der Waals surface area contributed by atoms with Crippen molar-refractivity contribution in [3.05, 3.63) is 35.7 Å². The average Bonchev–Trinajstić information content (AvgIpc) is 2.42. The topological polar surface area (TPSA) is 108 Å². The number of pyridine rings is 1. The number of carbonyl (C=O) groups is 3. The van der Waals surface area contributed by atoms with Gasteiger partial charge >= 0.3 is 5.97 Å². The van der Waals surface area contributed by atoms with E-state index in [1.54, 1.807) is 12.1 Å². The van der Waals surface area contributed by atoms with E-state index in [0.717, 1.165) is 6.08 Å². The lowest BCUT2D eigenvalue weighted by Gasteiger charge is -2.05. The standard InChI is InChI=1S/C12H13N3O4/c1-13-9(16)7-15-12(19)11-8(3-2-6-14-11)4-5-10(17)18/h2-6H,7H2,1H3,(H,13,16)(H,15,19)(H,17,18)/b5-4+. The molecule has 19 heavy (non-hydrogen) atoms. The summed E-state index contributed by atoms with van der Waals surface area (Å²) in [6, 6.07) is 3.14. The minimum atomic E-state index is -1.12. The van der Waals surface area contributed by atoms with E-state index < -0.39 is 11.9 Å². The second-order valence-corrected chi connectivity index (χ2v) is 3.47. The van der Waals surface area contributed by atoms with Crippen LogP contribution in [0.25, 0.3) is 6.08 Å². The van der Waals surface area contributed by atoms with Gasteiger partial charge in [-0.25, -0.2) is 4.79 Å². The van der Waals surface area contributed by atoms with Gasteiger partial charge in [-0.1, -0.05) is 6.07 Å². The van der Waals surface area contributed by atoms with Crippen LogP contribution in [0, 0.1) is 0 Å². The van der Waals surface area contributed by atoms with Crippen molar-refractivity contribution in [2.75, 3.05) is 13.6 Å². The van der Waals surface area contributed by atoms with Crippen molar-refractivity contribution >= 4 is 23.9 Å². The third kappa shape index (κ3) is 4.58. The average molecular weight is 263 g/mol. The van der Waals surface area contributed by atoms with E-state index >= 15 is 0 Å². The monoisotopic (exact) mass is 263 g/mol. The van der Waals surface area contributed by atoms with Crippen LogP contribution < -0.4 is 10.6 Å². The number of hydrogen-bond donors (Lipinski definition) is 3. The van der Waals surface area contributed by atoms with Crippen LogP contribution in [0.5, 0.6) is 0 Å². The number of carboxylic acids is 1. The Morgan fingerprint density at radius 3 is 2.79 bits per heavy atom. The first-order valence-electron chi connectivity index (χ1n) is 5.39. The van der Waals surface area contributed by atoms with Gasteiger partial charge in [-0.3, -0.25) is 14.6 Å². The fourth-order valence-electron chi connectivity index (χ4n) is 1.24. The molecule has 0 radical (unpaired) electrons. The molecule has 0 saturated heterocycles. The highest BCUT2D eigenvalue weighted by molar-refractivity contribution is 5.98. The van der Waals surface area contributed by atoms with Gasteiger partial charge in [0, 0.05) is 24.9 Å². The van der Waals surface area contributed by atoms with Crippen LogP contribution in [0.2, 0.25) is 0 Å². The van der Waals surface area contributed by atoms with Crippen LogP contribution in [-0.4, -0.2) is 41.5 Å². The predicted octanol–water partition coefficient (Wildman–Crippen LogP) is -0.345. The summed E-state index contributed by atoms with van der Waals surface area (Å²) in [6.45, 7) is -0.173. The number of aliphatic carboxylic acids is 1. The van der Waals surface area contributed by atoms with Gasteiger partial charge in [-0.05, 0) is 12.1 Å². The minimum absolute atomic E-state index is 0.0592. The molecule has 0 unspecified atom stereocenters. The molecule has 7 heteroatoms. The van der Waals surface area contributed by atoms with Crippen molar-refractivity contribution in [2.24, 2.45) is 0 Å². The molecule has 3 N–H and O–H groups in total. The number of carboxylic acid groups (broad SMARTS) is 1. The fourth-order valence-corrected chi connectivity index (χ4v) is 1.24. The summed E-state index contributed by atoms with van der Waals surface area (Å²) in [4.78, 5) is 37.1. The highest BCUT2D eigenvalue weighted by atomic mass is 16.4. The van der Waals surface area contributed by atoms with Gasteiger partial charge in [0.25, 0.3) is 5.91 Å². The number of hydrogen-bond acceptors (Lipinski definition) is 4. The maximum Gasteiger partial charge on any atom is 0.328 e. The molecule has 0 atom stereocenters. The summed E-state index contributed by atoms with van der Waals surface area (Å²) in [5.41, 5.74) is 0.420. The van der Waals surface area contributed by atoms with Gasteiger partial charge in [0.2, 0.25) is 5.91 Å². The molecule has 0 fully saturated rings. The molecule has 0 aromatic carbocycles. The van der Waals surface area contributed by atoms with E-state index in [9.17, 15) is 14.4 Å². The predicted molar refractivity (Wildman–Crippen MR) is 67.3 cm³/mol. The maximum absolute atomic E-state index is 11.8. The van der Waals surface area contributed by atoms with Crippen molar-refractivity contribution in [3.63, 3.8) is 0 Å².